The summed E-state index contributed by atoms with van der Waals surface area (Å²) in [7, 11) is 1.63. The minimum Gasteiger partial charge on any atom is -0.485 e. The molecule has 2 aromatic rings. The first-order chi connectivity index (χ1) is 10.8. The fourth-order valence-corrected chi connectivity index (χ4v) is 2.95. The molecule has 1 aliphatic rings. The van der Waals surface area contributed by atoms with Crippen molar-refractivity contribution in [2.45, 2.75) is 12.2 Å². The second-order valence-electron chi connectivity index (χ2n) is 4.89. The largest absolute Gasteiger partial charge is 0.485 e. The molecule has 1 aromatic heterocycles. The number of para-hydroxylation sites is 2. The molecule has 0 unspecified atom stereocenters. The lowest BCUT2D eigenvalue weighted by molar-refractivity contribution is -0.130. The third-order valence-electron chi connectivity index (χ3n) is 3.46. The number of hydrogen-bond donors (Lipinski definition) is 1. The molecular weight excluding hydrogens is 302 g/mol. The normalized spacial score (nSPS) is 17.8. The molecule has 0 bridgehead atoms. The van der Waals surface area contributed by atoms with Crippen molar-refractivity contribution in [3.63, 3.8) is 0 Å². The van der Waals surface area contributed by atoms with Crippen LogP contribution in [0.25, 0.3) is 0 Å². The fraction of sp³-hybridized carbons (Fsp3) is 0.312. The summed E-state index contributed by atoms with van der Waals surface area (Å²) in [6, 6.07) is 9.31. The van der Waals surface area contributed by atoms with Crippen LogP contribution in [0, 0.1) is 0 Å². The van der Waals surface area contributed by atoms with E-state index in [1.807, 2.05) is 35.0 Å². The van der Waals surface area contributed by atoms with Crippen LogP contribution in [-0.2, 0) is 9.53 Å². The van der Waals surface area contributed by atoms with Gasteiger partial charge in [0.05, 0.1) is 0 Å². The van der Waals surface area contributed by atoms with Gasteiger partial charge >= 0.3 is 0 Å². The second kappa shape index (κ2) is 6.81. The molecule has 0 saturated carbocycles. The molecule has 2 atom stereocenters. The summed E-state index contributed by atoms with van der Waals surface area (Å²) in [6.07, 6.45) is -0.804. The first kappa shape index (κ1) is 14.9. The van der Waals surface area contributed by atoms with Crippen LogP contribution >= 0.6 is 11.3 Å². The number of rotatable bonds is 5. The van der Waals surface area contributed by atoms with Crippen LogP contribution in [0.5, 0.6) is 11.5 Å². The van der Waals surface area contributed by atoms with Gasteiger partial charge in [-0.25, -0.2) is 0 Å². The minimum absolute atomic E-state index is 0.160. The van der Waals surface area contributed by atoms with Crippen LogP contribution in [0.3, 0.4) is 0 Å². The van der Waals surface area contributed by atoms with Crippen molar-refractivity contribution >= 4 is 17.2 Å². The highest BCUT2D eigenvalue weighted by atomic mass is 32.1. The van der Waals surface area contributed by atoms with Crippen molar-refractivity contribution in [1.29, 1.82) is 0 Å². The molecule has 6 heteroatoms. The molecule has 1 N–H and O–H groups in total. The van der Waals surface area contributed by atoms with Crippen molar-refractivity contribution in [1.82, 2.24) is 5.32 Å². The predicted molar refractivity (Wildman–Crippen MR) is 83.4 cm³/mol. The molecule has 116 valence electrons. The Labute approximate surface area is 132 Å². The van der Waals surface area contributed by atoms with Gasteiger partial charge in [-0.15, -0.1) is 0 Å². The van der Waals surface area contributed by atoms with E-state index < -0.39 is 6.10 Å². The maximum Gasteiger partial charge on any atom is 0.264 e. The Hall–Kier alpha value is -2.05. The topological polar surface area (TPSA) is 56.8 Å². The van der Waals surface area contributed by atoms with Crippen LogP contribution in [0.15, 0.2) is 41.1 Å². The smallest absolute Gasteiger partial charge is 0.264 e. The number of thiophene rings is 1. The van der Waals surface area contributed by atoms with Gasteiger partial charge in [-0.1, -0.05) is 12.1 Å². The zero-order chi connectivity index (χ0) is 15.4. The van der Waals surface area contributed by atoms with Crippen molar-refractivity contribution in [3.8, 4) is 11.5 Å². The lowest BCUT2D eigenvalue weighted by Crippen LogP contribution is -2.45. The van der Waals surface area contributed by atoms with Gasteiger partial charge in [0.25, 0.3) is 5.91 Å². The third kappa shape index (κ3) is 3.23. The average Bonchev–Trinajstić information content (AvgIpc) is 3.09. The van der Waals surface area contributed by atoms with Crippen LogP contribution in [-0.4, -0.2) is 32.3 Å². The van der Waals surface area contributed by atoms with E-state index in [0.29, 0.717) is 18.0 Å². The van der Waals surface area contributed by atoms with E-state index in [-0.39, 0.29) is 18.6 Å². The number of hydrogen-bond acceptors (Lipinski definition) is 5. The highest BCUT2D eigenvalue weighted by Gasteiger charge is 2.27. The van der Waals surface area contributed by atoms with Gasteiger partial charge in [0.2, 0.25) is 6.10 Å². The van der Waals surface area contributed by atoms with Gasteiger partial charge in [0.15, 0.2) is 11.5 Å². The number of carbonyl (C=O) groups excluding carboxylic acids is 1. The Bertz CT molecular complexity index is 629. The van der Waals surface area contributed by atoms with Crippen LogP contribution in [0.2, 0.25) is 0 Å². The molecule has 0 radical (unpaired) electrons. The highest BCUT2D eigenvalue weighted by Crippen LogP contribution is 2.30. The first-order valence-corrected chi connectivity index (χ1v) is 7.93. The van der Waals surface area contributed by atoms with E-state index in [1.54, 1.807) is 24.5 Å². The highest BCUT2D eigenvalue weighted by molar-refractivity contribution is 7.07. The number of nitrogens with one attached hydrogen (secondary N) is 1. The Balaban J connectivity index is 1.57. The Morgan fingerprint density at radius 3 is 2.95 bits per heavy atom. The van der Waals surface area contributed by atoms with Crippen molar-refractivity contribution in [3.05, 3.63) is 46.7 Å². The summed E-state index contributed by atoms with van der Waals surface area (Å²) in [4.78, 5) is 12.2. The fourth-order valence-electron chi connectivity index (χ4n) is 2.25. The molecule has 2 heterocycles. The van der Waals surface area contributed by atoms with Gasteiger partial charge in [0.1, 0.15) is 12.7 Å². The molecule has 0 spiro atoms. The summed E-state index contributed by atoms with van der Waals surface area (Å²) in [5.41, 5.74) is 1.05. The summed E-state index contributed by atoms with van der Waals surface area (Å²) < 4.78 is 16.6. The van der Waals surface area contributed by atoms with E-state index >= 15 is 0 Å². The monoisotopic (exact) mass is 319 g/mol. The molecule has 1 aromatic carbocycles. The predicted octanol–water partition coefficient (Wildman–Crippen LogP) is 2.39. The molecule has 1 amide bonds. The minimum atomic E-state index is -0.644. The SMILES string of the molecule is CO[C@@H](CNC(=O)[C@@H]1COc2ccccc2O1)c1ccsc1. The summed E-state index contributed by atoms with van der Waals surface area (Å²) in [6.45, 7) is 0.604. The number of carbonyl (C=O) groups is 1. The van der Waals surface area contributed by atoms with Crippen molar-refractivity contribution in [2.75, 3.05) is 20.3 Å². The Kier molecular flexibility index (Phi) is 4.60. The van der Waals surface area contributed by atoms with Crippen LogP contribution in [0.4, 0.5) is 0 Å². The average molecular weight is 319 g/mol. The van der Waals surface area contributed by atoms with Gasteiger partial charge in [-0.3, -0.25) is 4.79 Å². The van der Waals surface area contributed by atoms with E-state index in [9.17, 15) is 4.79 Å². The molecule has 0 saturated heterocycles. The molecular formula is C16H17NO4S. The van der Waals surface area contributed by atoms with E-state index in [0.717, 1.165) is 5.56 Å². The first-order valence-electron chi connectivity index (χ1n) is 6.99. The summed E-state index contributed by atoms with van der Waals surface area (Å²) in [5.74, 6) is 1.06. The van der Waals surface area contributed by atoms with E-state index in [1.165, 1.54) is 0 Å². The van der Waals surface area contributed by atoms with Crippen LogP contribution < -0.4 is 14.8 Å². The van der Waals surface area contributed by atoms with Gasteiger partial charge in [0, 0.05) is 13.7 Å². The molecule has 1 aliphatic heterocycles. The lowest BCUT2D eigenvalue weighted by Gasteiger charge is -2.26. The van der Waals surface area contributed by atoms with E-state index in [2.05, 4.69) is 5.32 Å². The molecule has 0 aliphatic carbocycles. The zero-order valence-electron chi connectivity index (χ0n) is 12.2. The van der Waals surface area contributed by atoms with E-state index in [4.69, 9.17) is 14.2 Å². The number of benzene rings is 1. The molecule has 3 rings (SSSR count). The summed E-state index contributed by atoms with van der Waals surface area (Å²) in [5, 5.41) is 6.85. The maximum absolute atomic E-state index is 12.2. The number of fused-ring (bicyclic) bond motifs is 1. The van der Waals surface area contributed by atoms with Crippen molar-refractivity contribution in [2.24, 2.45) is 0 Å². The molecule has 0 fully saturated rings. The molecule has 22 heavy (non-hydrogen) atoms. The van der Waals surface area contributed by atoms with Gasteiger partial charge in [-0.2, -0.15) is 11.3 Å². The molecule has 5 nitrogen and oxygen atoms in total. The number of ether oxygens (including phenoxy) is 3. The van der Waals surface area contributed by atoms with Crippen LogP contribution in [0.1, 0.15) is 11.7 Å². The van der Waals surface area contributed by atoms with Gasteiger partial charge < -0.3 is 19.5 Å². The lowest BCUT2D eigenvalue weighted by atomic mass is 10.2. The third-order valence-corrected chi connectivity index (χ3v) is 4.16. The van der Waals surface area contributed by atoms with Crippen molar-refractivity contribution < 1.29 is 19.0 Å². The maximum atomic E-state index is 12.2. The number of methoxy groups -OCH3 is 1. The number of amides is 1. The zero-order valence-corrected chi connectivity index (χ0v) is 13.0. The Morgan fingerprint density at radius 2 is 2.23 bits per heavy atom. The Morgan fingerprint density at radius 1 is 1.41 bits per heavy atom. The second-order valence-corrected chi connectivity index (χ2v) is 5.67. The summed E-state index contributed by atoms with van der Waals surface area (Å²) >= 11 is 1.60. The standard InChI is InChI=1S/C16H17NO4S/c1-19-14(11-6-7-22-10-11)8-17-16(18)15-9-20-12-4-2-3-5-13(12)21-15/h2-7,10,14-15H,8-9H2,1H3,(H,17,18)/t14-,15-/m0/s1. The van der Waals surface area contributed by atoms with Gasteiger partial charge in [-0.05, 0) is 34.5 Å². The quantitative estimate of drug-likeness (QED) is 0.919.